The summed E-state index contributed by atoms with van der Waals surface area (Å²) in [6.45, 7) is 0. The van der Waals surface area contributed by atoms with Gasteiger partial charge in [-0.1, -0.05) is 127 Å². The molecule has 2 heteroatoms. The van der Waals surface area contributed by atoms with E-state index >= 15 is 0 Å². The van der Waals surface area contributed by atoms with Crippen LogP contribution in [-0.2, 0) is 5.41 Å². The molecule has 0 spiro atoms. The number of nitrogens with one attached hydrogen (secondary N) is 1. The lowest BCUT2D eigenvalue weighted by Crippen LogP contribution is -2.28. The molecule has 1 aromatic heterocycles. The SMILES string of the molecule is c1ccc(C2(c3cccc(Nc4ccc(-c5ccc6oc7ccccc7c6c5)cc4)c3)c3ccccc3-c3ccccc32)cc1. The van der Waals surface area contributed by atoms with Crippen molar-refractivity contribution in [3.05, 3.63) is 192 Å². The Bertz CT molecular complexity index is 2300. The summed E-state index contributed by atoms with van der Waals surface area (Å²) < 4.78 is 6.04. The molecule has 0 unspecified atom stereocenters. The molecule has 1 aliphatic rings. The Hall–Kier alpha value is -5.86. The van der Waals surface area contributed by atoms with Crippen molar-refractivity contribution in [2.45, 2.75) is 5.41 Å². The van der Waals surface area contributed by atoms with Gasteiger partial charge in [0, 0.05) is 22.1 Å². The highest BCUT2D eigenvalue weighted by Crippen LogP contribution is 2.56. The molecular formula is C43H29NO. The predicted molar refractivity (Wildman–Crippen MR) is 186 cm³/mol. The van der Waals surface area contributed by atoms with Gasteiger partial charge < -0.3 is 9.73 Å². The molecule has 7 aromatic carbocycles. The van der Waals surface area contributed by atoms with E-state index in [4.69, 9.17) is 4.42 Å². The Morgan fingerprint density at radius 2 is 1.02 bits per heavy atom. The van der Waals surface area contributed by atoms with Gasteiger partial charge in [-0.25, -0.2) is 0 Å². The van der Waals surface area contributed by atoms with Gasteiger partial charge in [0.05, 0.1) is 5.41 Å². The van der Waals surface area contributed by atoms with Crippen LogP contribution in [0.15, 0.2) is 174 Å². The van der Waals surface area contributed by atoms with Crippen LogP contribution in [0, 0.1) is 0 Å². The average Bonchev–Trinajstić information content (AvgIpc) is 3.63. The normalized spacial score (nSPS) is 13.1. The Labute approximate surface area is 262 Å². The predicted octanol–water partition coefficient (Wildman–Crippen LogP) is 11.4. The molecule has 0 radical (unpaired) electrons. The van der Waals surface area contributed by atoms with Crippen LogP contribution in [0.4, 0.5) is 11.4 Å². The summed E-state index contributed by atoms with van der Waals surface area (Å²) in [5, 5.41) is 5.99. The monoisotopic (exact) mass is 575 g/mol. The van der Waals surface area contributed by atoms with Gasteiger partial charge in [0.1, 0.15) is 11.2 Å². The Kier molecular flexibility index (Phi) is 5.76. The second kappa shape index (κ2) is 10.1. The fourth-order valence-corrected chi connectivity index (χ4v) is 7.36. The molecule has 1 N–H and O–H groups in total. The third kappa shape index (κ3) is 3.96. The first-order chi connectivity index (χ1) is 22.3. The Balaban J connectivity index is 1.10. The van der Waals surface area contributed by atoms with Gasteiger partial charge in [-0.2, -0.15) is 0 Å². The number of benzene rings is 7. The number of hydrogen-bond donors (Lipinski definition) is 1. The van der Waals surface area contributed by atoms with E-state index in [-0.39, 0.29) is 0 Å². The summed E-state index contributed by atoms with van der Waals surface area (Å²) in [6, 6.07) is 60.9. The minimum absolute atomic E-state index is 0.411. The van der Waals surface area contributed by atoms with E-state index in [0.29, 0.717) is 0 Å². The zero-order valence-electron chi connectivity index (χ0n) is 24.6. The van der Waals surface area contributed by atoms with E-state index in [1.807, 2.05) is 12.1 Å². The third-order valence-electron chi connectivity index (χ3n) is 9.34. The molecule has 0 atom stereocenters. The molecule has 0 amide bonds. The van der Waals surface area contributed by atoms with Crippen molar-refractivity contribution in [1.82, 2.24) is 0 Å². The van der Waals surface area contributed by atoms with E-state index in [1.165, 1.54) is 44.5 Å². The average molecular weight is 576 g/mol. The molecule has 1 heterocycles. The number of fused-ring (bicyclic) bond motifs is 6. The number of para-hydroxylation sites is 1. The molecule has 212 valence electrons. The van der Waals surface area contributed by atoms with Crippen molar-refractivity contribution in [2.75, 3.05) is 5.32 Å². The topological polar surface area (TPSA) is 25.2 Å². The summed E-state index contributed by atoms with van der Waals surface area (Å²) in [4.78, 5) is 0. The lowest BCUT2D eigenvalue weighted by Gasteiger charge is -2.34. The third-order valence-corrected chi connectivity index (χ3v) is 9.34. The van der Waals surface area contributed by atoms with Crippen molar-refractivity contribution in [2.24, 2.45) is 0 Å². The van der Waals surface area contributed by atoms with Gasteiger partial charge in [0.25, 0.3) is 0 Å². The van der Waals surface area contributed by atoms with E-state index in [2.05, 4.69) is 163 Å². The van der Waals surface area contributed by atoms with Crippen molar-refractivity contribution in [3.8, 4) is 22.3 Å². The maximum absolute atomic E-state index is 6.04. The van der Waals surface area contributed by atoms with Crippen LogP contribution >= 0.6 is 0 Å². The summed E-state index contributed by atoms with van der Waals surface area (Å²) in [6.07, 6.45) is 0. The van der Waals surface area contributed by atoms with Crippen LogP contribution in [-0.4, -0.2) is 0 Å². The first-order valence-electron chi connectivity index (χ1n) is 15.4. The lowest BCUT2D eigenvalue weighted by molar-refractivity contribution is 0.669. The van der Waals surface area contributed by atoms with Crippen LogP contribution in [0.25, 0.3) is 44.2 Å². The molecule has 0 bridgehead atoms. The standard InChI is InChI=1S/C43H29NO/c1-2-11-31(12-3-1)43(39-18-7-4-15-35(39)36-16-5-8-19-40(36)43)32-13-10-14-34(28-32)44-33-24-21-29(22-25-33)30-23-26-42-38(27-30)37-17-6-9-20-41(37)45-42/h1-28,44H. The van der Waals surface area contributed by atoms with Crippen molar-refractivity contribution < 1.29 is 4.42 Å². The van der Waals surface area contributed by atoms with Crippen LogP contribution < -0.4 is 5.32 Å². The highest BCUT2D eigenvalue weighted by molar-refractivity contribution is 6.06. The van der Waals surface area contributed by atoms with Gasteiger partial charge in [0.15, 0.2) is 0 Å². The summed E-state index contributed by atoms with van der Waals surface area (Å²) in [5.41, 5.74) is 13.6. The number of anilines is 2. The number of rotatable bonds is 5. The largest absolute Gasteiger partial charge is 0.456 e. The maximum Gasteiger partial charge on any atom is 0.135 e. The highest BCUT2D eigenvalue weighted by atomic mass is 16.3. The number of furan rings is 1. The highest BCUT2D eigenvalue weighted by Gasteiger charge is 2.45. The zero-order valence-corrected chi connectivity index (χ0v) is 24.6. The van der Waals surface area contributed by atoms with E-state index in [1.54, 1.807) is 0 Å². The minimum atomic E-state index is -0.411. The van der Waals surface area contributed by atoms with Gasteiger partial charge in [-0.15, -0.1) is 0 Å². The molecule has 9 rings (SSSR count). The molecule has 0 saturated heterocycles. The first-order valence-corrected chi connectivity index (χ1v) is 15.4. The fourth-order valence-electron chi connectivity index (χ4n) is 7.36. The van der Waals surface area contributed by atoms with Crippen LogP contribution in [0.3, 0.4) is 0 Å². The van der Waals surface area contributed by atoms with Crippen LogP contribution in [0.1, 0.15) is 22.3 Å². The molecule has 0 aliphatic heterocycles. The molecule has 2 nitrogen and oxygen atoms in total. The van der Waals surface area contributed by atoms with Crippen LogP contribution in [0.5, 0.6) is 0 Å². The van der Waals surface area contributed by atoms with Crippen molar-refractivity contribution in [3.63, 3.8) is 0 Å². The summed E-state index contributed by atoms with van der Waals surface area (Å²) >= 11 is 0. The number of hydrogen-bond acceptors (Lipinski definition) is 2. The molecule has 45 heavy (non-hydrogen) atoms. The molecular weight excluding hydrogens is 546 g/mol. The fraction of sp³-hybridized carbons (Fsp3) is 0.0233. The second-order valence-corrected chi connectivity index (χ2v) is 11.8. The molecule has 0 saturated carbocycles. The lowest BCUT2D eigenvalue weighted by atomic mass is 9.67. The summed E-state index contributed by atoms with van der Waals surface area (Å²) in [7, 11) is 0. The second-order valence-electron chi connectivity index (χ2n) is 11.8. The smallest absolute Gasteiger partial charge is 0.135 e. The first kappa shape index (κ1) is 25.6. The van der Waals surface area contributed by atoms with E-state index in [0.717, 1.165) is 33.3 Å². The molecule has 8 aromatic rings. The van der Waals surface area contributed by atoms with Gasteiger partial charge >= 0.3 is 0 Å². The van der Waals surface area contributed by atoms with E-state index < -0.39 is 5.41 Å². The van der Waals surface area contributed by atoms with Gasteiger partial charge in [-0.05, 0) is 87.0 Å². The zero-order chi connectivity index (χ0) is 29.8. The molecule has 0 fully saturated rings. The van der Waals surface area contributed by atoms with Gasteiger partial charge in [-0.3, -0.25) is 0 Å². The Morgan fingerprint density at radius 3 is 1.80 bits per heavy atom. The van der Waals surface area contributed by atoms with Crippen molar-refractivity contribution in [1.29, 1.82) is 0 Å². The Morgan fingerprint density at radius 1 is 0.400 bits per heavy atom. The van der Waals surface area contributed by atoms with Gasteiger partial charge in [0.2, 0.25) is 0 Å². The minimum Gasteiger partial charge on any atom is -0.456 e. The maximum atomic E-state index is 6.04. The van der Waals surface area contributed by atoms with Crippen molar-refractivity contribution >= 4 is 33.3 Å². The summed E-state index contributed by atoms with van der Waals surface area (Å²) in [5.74, 6) is 0. The quantitative estimate of drug-likeness (QED) is 0.221. The molecule has 1 aliphatic carbocycles. The van der Waals surface area contributed by atoms with E-state index in [9.17, 15) is 0 Å². The van der Waals surface area contributed by atoms with Crippen LogP contribution in [0.2, 0.25) is 0 Å².